The molecule has 134 valence electrons. The zero-order valence-corrected chi connectivity index (χ0v) is 16.2. The van der Waals surface area contributed by atoms with Gasteiger partial charge in [0, 0.05) is 22.7 Å². The van der Waals surface area contributed by atoms with Crippen molar-refractivity contribution >= 4 is 29.1 Å². The summed E-state index contributed by atoms with van der Waals surface area (Å²) in [7, 11) is 4.92. The number of hydrogen-bond acceptors (Lipinski definition) is 3. The summed E-state index contributed by atoms with van der Waals surface area (Å²) in [4.78, 5) is 14.4. The second kappa shape index (κ2) is 8.45. The van der Waals surface area contributed by atoms with Gasteiger partial charge in [0.2, 0.25) is 5.91 Å². The molecule has 0 bridgehead atoms. The van der Waals surface area contributed by atoms with Crippen molar-refractivity contribution in [3.8, 4) is 11.5 Å². The fourth-order valence-corrected chi connectivity index (χ4v) is 3.14. The molecule has 2 aromatic rings. The van der Waals surface area contributed by atoms with E-state index in [0.717, 1.165) is 11.1 Å². The lowest BCUT2D eigenvalue weighted by Crippen LogP contribution is -2.31. The minimum absolute atomic E-state index is 0.0509. The first-order valence-electron chi connectivity index (χ1n) is 7.79. The molecule has 0 saturated carbocycles. The molecule has 0 aliphatic carbocycles. The lowest BCUT2D eigenvalue weighted by atomic mass is 10.1. The van der Waals surface area contributed by atoms with Crippen LogP contribution in [-0.2, 0) is 11.2 Å². The first-order valence-corrected chi connectivity index (χ1v) is 8.54. The van der Waals surface area contributed by atoms with Crippen LogP contribution in [0.2, 0.25) is 10.0 Å². The second-order valence-electron chi connectivity index (χ2n) is 5.70. The van der Waals surface area contributed by atoms with Crippen molar-refractivity contribution in [3.63, 3.8) is 0 Å². The Bertz CT molecular complexity index is 764. The summed E-state index contributed by atoms with van der Waals surface area (Å²) >= 11 is 12.2. The highest BCUT2D eigenvalue weighted by atomic mass is 35.5. The van der Waals surface area contributed by atoms with E-state index in [-0.39, 0.29) is 18.4 Å². The first-order chi connectivity index (χ1) is 11.9. The van der Waals surface area contributed by atoms with Gasteiger partial charge in [-0.05, 0) is 42.8 Å². The van der Waals surface area contributed by atoms with Crippen LogP contribution in [0.25, 0.3) is 0 Å². The van der Waals surface area contributed by atoms with E-state index in [9.17, 15) is 4.79 Å². The summed E-state index contributed by atoms with van der Waals surface area (Å²) in [5.41, 5.74) is 1.62. The summed E-state index contributed by atoms with van der Waals surface area (Å²) in [5.74, 6) is 1.28. The monoisotopic (exact) mass is 381 g/mol. The SMILES string of the molecule is COc1ccc(OC)c(CC(=O)N(C)[C@@H](C)c2ccc(Cl)cc2Cl)c1. The van der Waals surface area contributed by atoms with Crippen molar-refractivity contribution < 1.29 is 14.3 Å². The van der Waals surface area contributed by atoms with Crippen molar-refractivity contribution in [3.05, 3.63) is 57.6 Å². The number of carbonyl (C=O) groups is 1. The third-order valence-corrected chi connectivity index (χ3v) is 4.78. The van der Waals surface area contributed by atoms with Gasteiger partial charge >= 0.3 is 0 Å². The predicted octanol–water partition coefficient (Wildman–Crippen LogP) is 4.77. The number of ether oxygens (including phenoxy) is 2. The molecule has 0 unspecified atom stereocenters. The van der Waals surface area contributed by atoms with Gasteiger partial charge in [0.05, 0.1) is 26.7 Å². The van der Waals surface area contributed by atoms with Crippen molar-refractivity contribution in [2.24, 2.45) is 0 Å². The lowest BCUT2D eigenvalue weighted by molar-refractivity contribution is -0.131. The highest BCUT2D eigenvalue weighted by Gasteiger charge is 2.21. The van der Waals surface area contributed by atoms with E-state index in [2.05, 4.69) is 0 Å². The molecule has 6 heteroatoms. The molecule has 0 aromatic heterocycles. The summed E-state index contributed by atoms with van der Waals surface area (Å²) in [5, 5.41) is 1.11. The lowest BCUT2D eigenvalue weighted by Gasteiger charge is -2.26. The maximum Gasteiger partial charge on any atom is 0.227 e. The third kappa shape index (κ3) is 4.59. The Morgan fingerprint density at radius 1 is 1.12 bits per heavy atom. The van der Waals surface area contributed by atoms with E-state index in [1.165, 1.54) is 0 Å². The molecular weight excluding hydrogens is 361 g/mol. The molecule has 0 saturated heterocycles. The fraction of sp³-hybridized carbons (Fsp3) is 0.316. The Morgan fingerprint density at radius 3 is 2.44 bits per heavy atom. The van der Waals surface area contributed by atoms with Gasteiger partial charge in [-0.2, -0.15) is 0 Å². The van der Waals surface area contributed by atoms with Gasteiger partial charge in [0.25, 0.3) is 0 Å². The Labute approximate surface area is 158 Å². The molecule has 4 nitrogen and oxygen atoms in total. The van der Waals surface area contributed by atoms with E-state index in [1.807, 2.05) is 19.1 Å². The molecule has 0 aliphatic rings. The van der Waals surface area contributed by atoms with Crippen molar-refractivity contribution in [2.75, 3.05) is 21.3 Å². The molecule has 2 rings (SSSR count). The van der Waals surface area contributed by atoms with Crippen molar-refractivity contribution in [1.29, 1.82) is 0 Å². The van der Waals surface area contributed by atoms with E-state index >= 15 is 0 Å². The van der Waals surface area contributed by atoms with Crippen LogP contribution in [0.4, 0.5) is 0 Å². The second-order valence-corrected chi connectivity index (χ2v) is 6.54. The average molecular weight is 382 g/mol. The average Bonchev–Trinajstić information content (AvgIpc) is 2.60. The number of halogens is 2. The normalized spacial score (nSPS) is 11.8. The quantitative estimate of drug-likeness (QED) is 0.722. The van der Waals surface area contributed by atoms with Gasteiger partial charge in [-0.15, -0.1) is 0 Å². The van der Waals surface area contributed by atoms with Crippen LogP contribution in [0.3, 0.4) is 0 Å². The Morgan fingerprint density at radius 2 is 1.84 bits per heavy atom. The Balaban J connectivity index is 2.20. The molecule has 0 spiro atoms. The van der Waals surface area contributed by atoms with E-state index in [0.29, 0.717) is 21.5 Å². The highest BCUT2D eigenvalue weighted by Crippen LogP contribution is 2.30. The minimum Gasteiger partial charge on any atom is -0.497 e. The summed E-state index contributed by atoms with van der Waals surface area (Å²) in [6.07, 6.45) is 0.201. The van der Waals surface area contributed by atoms with Crippen LogP contribution in [0, 0.1) is 0 Å². The molecule has 1 atom stereocenters. The first kappa shape index (κ1) is 19.4. The molecule has 0 N–H and O–H groups in total. The summed E-state index contributed by atoms with van der Waals surface area (Å²) in [6.45, 7) is 1.93. The smallest absolute Gasteiger partial charge is 0.227 e. The minimum atomic E-state index is -0.186. The molecular formula is C19H21Cl2NO3. The molecule has 0 aliphatic heterocycles. The number of benzene rings is 2. The van der Waals surface area contributed by atoms with Gasteiger partial charge in [-0.3, -0.25) is 4.79 Å². The molecule has 25 heavy (non-hydrogen) atoms. The van der Waals surface area contributed by atoms with E-state index in [1.54, 1.807) is 50.4 Å². The molecule has 0 fully saturated rings. The number of rotatable bonds is 6. The largest absolute Gasteiger partial charge is 0.497 e. The predicted molar refractivity (Wildman–Crippen MR) is 101 cm³/mol. The van der Waals surface area contributed by atoms with Crippen molar-refractivity contribution in [1.82, 2.24) is 4.90 Å². The Kier molecular flexibility index (Phi) is 6.57. The zero-order chi connectivity index (χ0) is 18.6. The van der Waals surface area contributed by atoms with Crippen LogP contribution in [0.5, 0.6) is 11.5 Å². The number of hydrogen-bond donors (Lipinski definition) is 0. The standard InChI is InChI=1S/C19H21Cl2NO3/c1-12(16-7-5-14(20)11-17(16)21)22(2)19(23)10-13-9-15(24-3)6-8-18(13)25-4/h5-9,11-12H,10H2,1-4H3/t12-/m0/s1. The van der Waals surface area contributed by atoms with Crippen LogP contribution >= 0.6 is 23.2 Å². The van der Waals surface area contributed by atoms with Crippen LogP contribution in [0.1, 0.15) is 24.1 Å². The number of methoxy groups -OCH3 is 2. The topological polar surface area (TPSA) is 38.8 Å². The van der Waals surface area contributed by atoms with E-state index < -0.39 is 0 Å². The number of amides is 1. The molecule has 0 radical (unpaired) electrons. The van der Waals surface area contributed by atoms with Crippen molar-refractivity contribution in [2.45, 2.75) is 19.4 Å². The van der Waals surface area contributed by atoms with Crippen LogP contribution < -0.4 is 9.47 Å². The number of nitrogens with zero attached hydrogens (tertiary/aromatic N) is 1. The Hall–Kier alpha value is -1.91. The maximum absolute atomic E-state index is 12.7. The number of carbonyl (C=O) groups excluding carboxylic acids is 1. The van der Waals surface area contributed by atoms with Gasteiger partial charge < -0.3 is 14.4 Å². The molecule has 1 amide bonds. The third-order valence-electron chi connectivity index (χ3n) is 4.22. The maximum atomic E-state index is 12.7. The van der Waals surface area contributed by atoms with Crippen LogP contribution in [0.15, 0.2) is 36.4 Å². The van der Waals surface area contributed by atoms with Crippen LogP contribution in [-0.4, -0.2) is 32.1 Å². The van der Waals surface area contributed by atoms with Gasteiger partial charge in [0.1, 0.15) is 11.5 Å². The fourth-order valence-electron chi connectivity index (χ4n) is 2.57. The molecule has 2 aromatic carbocycles. The summed E-state index contributed by atoms with van der Waals surface area (Å²) in [6, 6.07) is 10.5. The van der Waals surface area contributed by atoms with Gasteiger partial charge in [0.15, 0.2) is 0 Å². The van der Waals surface area contributed by atoms with Gasteiger partial charge in [-0.1, -0.05) is 29.3 Å². The number of likely N-dealkylation sites (N-methyl/N-ethyl adjacent to an activating group) is 1. The molecule has 0 heterocycles. The van der Waals surface area contributed by atoms with E-state index in [4.69, 9.17) is 32.7 Å². The highest BCUT2D eigenvalue weighted by molar-refractivity contribution is 6.35. The zero-order valence-electron chi connectivity index (χ0n) is 14.7. The van der Waals surface area contributed by atoms with Gasteiger partial charge in [-0.25, -0.2) is 0 Å². The summed E-state index contributed by atoms with van der Waals surface area (Å²) < 4.78 is 10.6.